The number of benzene rings is 2. The zero-order chi connectivity index (χ0) is 22.4. The highest BCUT2D eigenvalue weighted by Crippen LogP contribution is 2.27. The van der Waals surface area contributed by atoms with Crippen molar-refractivity contribution in [2.75, 3.05) is 11.9 Å². The second-order valence-electron chi connectivity index (χ2n) is 8.48. The number of amides is 1. The molecule has 0 fully saturated rings. The van der Waals surface area contributed by atoms with Gasteiger partial charge in [-0.1, -0.05) is 56.3 Å². The first kappa shape index (κ1) is 22.5. The molecule has 0 aliphatic rings. The molecule has 0 spiro atoms. The maximum atomic E-state index is 13.5. The van der Waals surface area contributed by atoms with Gasteiger partial charge in [0.05, 0.1) is 12.3 Å². The predicted octanol–water partition coefficient (Wildman–Crippen LogP) is 6.27. The van der Waals surface area contributed by atoms with E-state index in [0.717, 1.165) is 40.2 Å². The topological polar surface area (TPSA) is 51.2 Å². The van der Waals surface area contributed by atoms with Crippen molar-refractivity contribution in [3.05, 3.63) is 88.2 Å². The molecule has 0 saturated heterocycles. The molecule has 3 rings (SSSR count). The molecule has 0 saturated carbocycles. The van der Waals surface area contributed by atoms with Crippen LogP contribution in [0.15, 0.2) is 54.6 Å². The van der Waals surface area contributed by atoms with Gasteiger partial charge in [0, 0.05) is 23.9 Å². The summed E-state index contributed by atoms with van der Waals surface area (Å²) in [5.74, 6) is 0.938. The summed E-state index contributed by atoms with van der Waals surface area (Å²) in [6.45, 7) is 10.9. The van der Waals surface area contributed by atoms with Crippen molar-refractivity contribution in [1.82, 2.24) is 4.98 Å². The molecule has 0 aliphatic carbocycles. The third-order valence-corrected chi connectivity index (χ3v) is 5.43. The molecule has 0 bridgehead atoms. The largest absolute Gasteiger partial charge is 0.493 e. The summed E-state index contributed by atoms with van der Waals surface area (Å²) >= 11 is 0. The van der Waals surface area contributed by atoms with Gasteiger partial charge in [0.15, 0.2) is 0 Å². The average Bonchev–Trinajstić information content (AvgIpc) is 2.71. The Balaban J connectivity index is 2.00. The molecular formula is C27H32N2O2. The summed E-state index contributed by atoms with van der Waals surface area (Å²) in [5.41, 5.74) is 6.20. The van der Waals surface area contributed by atoms with E-state index in [4.69, 9.17) is 9.72 Å². The van der Waals surface area contributed by atoms with Gasteiger partial charge < -0.3 is 10.1 Å². The zero-order valence-corrected chi connectivity index (χ0v) is 19.2. The summed E-state index contributed by atoms with van der Waals surface area (Å²) < 4.78 is 6.12. The fourth-order valence-corrected chi connectivity index (χ4v) is 3.45. The highest BCUT2D eigenvalue weighted by Gasteiger charge is 2.21. The van der Waals surface area contributed by atoms with Gasteiger partial charge in [-0.05, 0) is 55.9 Å². The van der Waals surface area contributed by atoms with Gasteiger partial charge in [-0.25, -0.2) is 0 Å². The van der Waals surface area contributed by atoms with Crippen LogP contribution in [-0.4, -0.2) is 17.5 Å². The summed E-state index contributed by atoms with van der Waals surface area (Å²) in [5, 5.41) is 3.09. The molecule has 0 unspecified atom stereocenters. The van der Waals surface area contributed by atoms with Crippen LogP contribution >= 0.6 is 0 Å². The number of pyridine rings is 1. The number of aryl methyl sites for hydroxylation is 2. The van der Waals surface area contributed by atoms with Crippen LogP contribution in [0.4, 0.5) is 5.69 Å². The first-order valence-electron chi connectivity index (χ1n) is 10.9. The molecule has 31 heavy (non-hydrogen) atoms. The molecular weight excluding hydrogens is 384 g/mol. The Labute approximate surface area is 185 Å². The van der Waals surface area contributed by atoms with E-state index >= 15 is 0 Å². The summed E-state index contributed by atoms with van der Waals surface area (Å²) in [4.78, 5) is 18.2. The fraction of sp³-hybridized carbons (Fsp3) is 0.333. The van der Waals surface area contributed by atoms with Crippen molar-refractivity contribution in [1.29, 1.82) is 0 Å². The molecule has 4 nitrogen and oxygen atoms in total. The van der Waals surface area contributed by atoms with Crippen LogP contribution in [0.2, 0.25) is 0 Å². The Morgan fingerprint density at radius 1 is 1.03 bits per heavy atom. The van der Waals surface area contributed by atoms with Gasteiger partial charge in [0.25, 0.3) is 5.91 Å². The van der Waals surface area contributed by atoms with Crippen LogP contribution in [-0.2, 0) is 6.42 Å². The van der Waals surface area contributed by atoms with Crippen molar-refractivity contribution >= 4 is 11.6 Å². The number of carbonyl (C=O) groups excluding carboxylic acids is 1. The summed E-state index contributed by atoms with van der Waals surface area (Å²) in [6.07, 6.45) is 1.49. The van der Waals surface area contributed by atoms with Crippen LogP contribution in [0, 0.1) is 26.7 Å². The molecule has 3 aromatic rings. The molecule has 162 valence electrons. The minimum absolute atomic E-state index is 0.188. The second-order valence-corrected chi connectivity index (χ2v) is 8.48. The normalized spacial score (nSPS) is 10.9. The Bertz CT molecular complexity index is 1040. The standard InChI is InChI=1S/C27H32N2O2/c1-18(2)14-15-31-25-16-20(4)28-24(17-22-11-7-6-8-12-22)26(25)27(30)29-23-13-9-10-19(3)21(23)5/h6-13,16,18H,14-15,17H2,1-5H3,(H,29,30). The van der Waals surface area contributed by atoms with Crippen molar-refractivity contribution in [3.63, 3.8) is 0 Å². The third-order valence-electron chi connectivity index (χ3n) is 5.43. The lowest BCUT2D eigenvalue weighted by Crippen LogP contribution is -2.19. The Morgan fingerprint density at radius 2 is 1.77 bits per heavy atom. The van der Waals surface area contributed by atoms with Gasteiger partial charge in [-0.2, -0.15) is 0 Å². The van der Waals surface area contributed by atoms with Gasteiger partial charge in [-0.3, -0.25) is 9.78 Å². The fourth-order valence-electron chi connectivity index (χ4n) is 3.45. The number of hydrogen-bond donors (Lipinski definition) is 1. The zero-order valence-electron chi connectivity index (χ0n) is 19.2. The Kier molecular flexibility index (Phi) is 7.45. The second kappa shape index (κ2) is 10.3. The number of anilines is 1. The number of ether oxygens (including phenoxy) is 1. The van der Waals surface area contributed by atoms with Crippen LogP contribution in [0.1, 0.15) is 58.7 Å². The van der Waals surface area contributed by atoms with Crippen molar-refractivity contribution in [2.45, 2.75) is 47.5 Å². The van der Waals surface area contributed by atoms with E-state index in [1.807, 2.05) is 63.2 Å². The SMILES string of the molecule is Cc1cc(OCCC(C)C)c(C(=O)Nc2cccc(C)c2C)c(Cc2ccccc2)n1. The van der Waals surface area contributed by atoms with E-state index in [9.17, 15) is 4.79 Å². The summed E-state index contributed by atoms with van der Waals surface area (Å²) in [7, 11) is 0. The molecule has 1 N–H and O–H groups in total. The molecule has 1 aromatic heterocycles. The number of carbonyl (C=O) groups is 1. The monoisotopic (exact) mass is 416 g/mol. The third kappa shape index (κ3) is 5.94. The van der Waals surface area contributed by atoms with Gasteiger partial charge in [0.2, 0.25) is 0 Å². The van der Waals surface area contributed by atoms with E-state index in [-0.39, 0.29) is 5.91 Å². The van der Waals surface area contributed by atoms with Crippen LogP contribution in [0.5, 0.6) is 5.75 Å². The lowest BCUT2D eigenvalue weighted by Gasteiger charge is -2.18. The number of nitrogens with zero attached hydrogens (tertiary/aromatic N) is 1. The maximum absolute atomic E-state index is 13.5. The van der Waals surface area contributed by atoms with E-state index in [1.165, 1.54) is 0 Å². The van der Waals surface area contributed by atoms with E-state index < -0.39 is 0 Å². The van der Waals surface area contributed by atoms with E-state index in [0.29, 0.717) is 30.3 Å². The summed E-state index contributed by atoms with van der Waals surface area (Å²) in [6, 6.07) is 17.9. The number of nitrogens with one attached hydrogen (secondary N) is 1. The molecule has 4 heteroatoms. The lowest BCUT2D eigenvalue weighted by atomic mass is 10.0. The van der Waals surface area contributed by atoms with Crippen LogP contribution < -0.4 is 10.1 Å². The lowest BCUT2D eigenvalue weighted by molar-refractivity contribution is 0.102. The van der Waals surface area contributed by atoms with Gasteiger partial charge in [0.1, 0.15) is 11.3 Å². The molecule has 2 aromatic carbocycles. The smallest absolute Gasteiger partial charge is 0.261 e. The number of aromatic nitrogens is 1. The molecule has 0 atom stereocenters. The molecule has 1 heterocycles. The van der Waals surface area contributed by atoms with E-state index in [2.05, 4.69) is 31.3 Å². The van der Waals surface area contributed by atoms with E-state index in [1.54, 1.807) is 0 Å². The van der Waals surface area contributed by atoms with Gasteiger partial charge >= 0.3 is 0 Å². The average molecular weight is 417 g/mol. The number of hydrogen-bond acceptors (Lipinski definition) is 3. The minimum Gasteiger partial charge on any atom is -0.493 e. The number of rotatable bonds is 8. The van der Waals surface area contributed by atoms with Crippen molar-refractivity contribution < 1.29 is 9.53 Å². The Hall–Kier alpha value is -3.14. The van der Waals surface area contributed by atoms with Crippen molar-refractivity contribution in [3.8, 4) is 5.75 Å². The molecule has 0 aliphatic heterocycles. The maximum Gasteiger partial charge on any atom is 0.261 e. The van der Waals surface area contributed by atoms with Crippen molar-refractivity contribution in [2.24, 2.45) is 5.92 Å². The van der Waals surface area contributed by atoms with Gasteiger partial charge in [-0.15, -0.1) is 0 Å². The predicted molar refractivity (Wildman–Crippen MR) is 127 cm³/mol. The molecule has 0 radical (unpaired) electrons. The highest BCUT2D eigenvalue weighted by molar-refractivity contribution is 6.07. The molecule has 1 amide bonds. The minimum atomic E-state index is -0.188. The van der Waals surface area contributed by atoms with Crippen LogP contribution in [0.25, 0.3) is 0 Å². The quantitative estimate of drug-likeness (QED) is 0.470. The highest BCUT2D eigenvalue weighted by atomic mass is 16.5. The first-order valence-corrected chi connectivity index (χ1v) is 10.9. The Morgan fingerprint density at radius 3 is 2.48 bits per heavy atom. The first-order chi connectivity index (χ1) is 14.8. The van der Waals surface area contributed by atoms with Crippen LogP contribution in [0.3, 0.4) is 0 Å².